The molecule has 7 nitrogen and oxygen atoms in total. The van der Waals surface area contributed by atoms with Crippen LogP contribution in [0.3, 0.4) is 0 Å². The molecule has 1 aliphatic heterocycles. The molecule has 3 heterocycles. The van der Waals surface area contributed by atoms with E-state index in [1.165, 1.54) is 5.56 Å². The summed E-state index contributed by atoms with van der Waals surface area (Å²) >= 11 is 0. The van der Waals surface area contributed by atoms with Crippen molar-refractivity contribution in [1.82, 2.24) is 14.9 Å². The van der Waals surface area contributed by atoms with Gasteiger partial charge in [-0.25, -0.2) is 0 Å². The second kappa shape index (κ2) is 12.8. The molecule has 0 bridgehead atoms. The van der Waals surface area contributed by atoms with Gasteiger partial charge in [0.25, 0.3) is 0 Å². The first-order valence-corrected chi connectivity index (χ1v) is 13.0. The Morgan fingerprint density at radius 2 is 1.97 bits per heavy atom. The van der Waals surface area contributed by atoms with E-state index in [1.54, 1.807) is 13.3 Å². The molecule has 4 rings (SSSR count). The number of unbranched alkanes of at least 4 members (excludes halogenated alkanes) is 2. The maximum Gasteiger partial charge on any atom is 0.308 e. The highest BCUT2D eigenvalue weighted by Gasteiger charge is 2.34. The van der Waals surface area contributed by atoms with E-state index in [4.69, 9.17) is 4.74 Å². The molecule has 36 heavy (non-hydrogen) atoms. The molecule has 3 atom stereocenters. The lowest BCUT2D eigenvalue weighted by molar-refractivity contribution is -0.146. The number of rotatable bonds is 12. The molecule has 2 aromatic heterocycles. The molecular weight excluding hydrogens is 454 g/mol. The van der Waals surface area contributed by atoms with E-state index in [9.17, 15) is 15.0 Å². The number of aliphatic hydroxyl groups is 1. The van der Waals surface area contributed by atoms with Crippen LogP contribution in [0.4, 0.5) is 0 Å². The van der Waals surface area contributed by atoms with Gasteiger partial charge in [-0.2, -0.15) is 0 Å². The Balaban J connectivity index is 1.26. The largest absolute Gasteiger partial charge is 0.497 e. The third kappa shape index (κ3) is 6.80. The SMILES string of the molecule is COc1ccc2nccc([C@@H](O)CC[C@@H]3CCN(CCCCCc4ccncc4)C[C@@H]3C(=O)O)c2c1. The van der Waals surface area contributed by atoms with Gasteiger partial charge in [0.05, 0.1) is 24.6 Å². The Labute approximate surface area is 213 Å². The van der Waals surface area contributed by atoms with Gasteiger partial charge < -0.3 is 19.8 Å². The van der Waals surface area contributed by atoms with Crippen molar-refractivity contribution in [2.24, 2.45) is 11.8 Å². The van der Waals surface area contributed by atoms with Crippen molar-refractivity contribution in [3.63, 3.8) is 0 Å². The molecule has 1 saturated heterocycles. The summed E-state index contributed by atoms with van der Waals surface area (Å²) in [4.78, 5) is 22.8. The Morgan fingerprint density at radius 1 is 1.14 bits per heavy atom. The standard InChI is InChI=1S/C29H37N3O4/c1-36-23-7-8-27-25(19-23)24(12-16-31-27)28(33)9-6-22-13-18-32(20-26(22)29(34)35)17-4-2-3-5-21-10-14-30-15-11-21/h7-8,10-12,14-16,19,22,26,28,33H,2-6,9,13,17-18,20H2,1H3,(H,34,35)/t22-,26+,28+/m1/s1. The number of likely N-dealkylation sites (tertiary alicyclic amines) is 1. The van der Waals surface area contributed by atoms with Crippen LogP contribution in [0, 0.1) is 11.8 Å². The average Bonchev–Trinajstić information content (AvgIpc) is 2.91. The topological polar surface area (TPSA) is 95.8 Å². The fraction of sp³-hybridized carbons (Fsp3) is 0.483. The number of ether oxygens (including phenoxy) is 1. The fourth-order valence-electron chi connectivity index (χ4n) is 5.38. The first kappa shape index (κ1) is 26.0. The molecule has 0 amide bonds. The molecule has 0 radical (unpaired) electrons. The van der Waals surface area contributed by atoms with Crippen molar-refractivity contribution in [1.29, 1.82) is 0 Å². The van der Waals surface area contributed by atoms with Gasteiger partial charge in [0.2, 0.25) is 0 Å². The number of methoxy groups -OCH3 is 1. The number of carbonyl (C=O) groups is 1. The van der Waals surface area contributed by atoms with Crippen LogP contribution in [0.5, 0.6) is 5.75 Å². The van der Waals surface area contributed by atoms with Crippen molar-refractivity contribution in [3.05, 3.63) is 66.1 Å². The minimum absolute atomic E-state index is 0.0720. The summed E-state index contributed by atoms with van der Waals surface area (Å²) in [7, 11) is 1.62. The quantitative estimate of drug-likeness (QED) is 0.348. The number of carboxylic acid groups (broad SMARTS) is 1. The van der Waals surface area contributed by atoms with Crippen LogP contribution in [0.2, 0.25) is 0 Å². The zero-order chi connectivity index (χ0) is 25.3. The molecule has 1 aliphatic rings. The normalized spacial score (nSPS) is 19.3. The van der Waals surface area contributed by atoms with E-state index in [2.05, 4.69) is 27.0 Å². The lowest BCUT2D eigenvalue weighted by Gasteiger charge is -2.37. The maximum atomic E-state index is 12.1. The highest BCUT2D eigenvalue weighted by molar-refractivity contribution is 5.83. The third-order valence-corrected chi connectivity index (χ3v) is 7.50. The highest BCUT2D eigenvalue weighted by atomic mass is 16.5. The second-order valence-electron chi connectivity index (χ2n) is 9.84. The summed E-state index contributed by atoms with van der Waals surface area (Å²) < 4.78 is 5.34. The zero-order valence-corrected chi connectivity index (χ0v) is 21.1. The van der Waals surface area contributed by atoms with Crippen molar-refractivity contribution in [2.75, 3.05) is 26.7 Å². The number of aliphatic carboxylic acids is 1. The summed E-state index contributed by atoms with van der Waals surface area (Å²) in [5, 5.41) is 21.8. The smallest absolute Gasteiger partial charge is 0.308 e. The van der Waals surface area contributed by atoms with Crippen LogP contribution in [-0.2, 0) is 11.2 Å². The van der Waals surface area contributed by atoms with Crippen LogP contribution >= 0.6 is 0 Å². The van der Waals surface area contributed by atoms with E-state index in [1.807, 2.05) is 36.7 Å². The molecule has 192 valence electrons. The van der Waals surface area contributed by atoms with Gasteiger partial charge in [-0.15, -0.1) is 0 Å². The number of aryl methyl sites for hydroxylation is 1. The molecule has 2 N–H and O–H groups in total. The first-order chi connectivity index (χ1) is 17.5. The van der Waals surface area contributed by atoms with Gasteiger partial charge in [-0.1, -0.05) is 6.42 Å². The number of pyridine rings is 2. The van der Waals surface area contributed by atoms with E-state index in [0.717, 1.165) is 67.4 Å². The third-order valence-electron chi connectivity index (χ3n) is 7.50. The summed E-state index contributed by atoms with van der Waals surface area (Å²) in [5.74, 6) is -0.324. The Bertz CT molecular complexity index is 1120. The lowest BCUT2D eigenvalue weighted by atomic mass is 9.81. The summed E-state index contributed by atoms with van der Waals surface area (Å²) in [6, 6.07) is 11.6. The molecule has 7 heteroatoms. The second-order valence-corrected chi connectivity index (χ2v) is 9.84. The lowest BCUT2D eigenvalue weighted by Crippen LogP contribution is -2.44. The number of nitrogens with zero attached hydrogens (tertiary/aromatic N) is 3. The van der Waals surface area contributed by atoms with Crippen LogP contribution in [0.15, 0.2) is 55.0 Å². The van der Waals surface area contributed by atoms with Crippen molar-refractivity contribution in [2.45, 2.75) is 51.0 Å². The van der Waals surface area contributed by atoms with Crippen molar-refractivity contribution >= 4 is 16.9 Å². The number of aliphatic hydroxyl groups excluding tert-OH is 1. The fourth-order valence-corrected chi connectivity index (χ4v) is 5.38. The summed E-state index contributed by atoms with van der Waals surface area (Å²) in [5.41, 5.74) is 2.94. The van der Waals surface area contributed by atoms with Gasteiger partial charge >= 0.3 is 5.97 Å². The van der Waals surface area contributed by atoms with Crippen LogP contribution < -0.4 is 4.74 Å². The van der Waals surface area contributed by atoms with Gasteiger partial charge in [0.15, 0.2) is 0 Å². The molecule has 3 aromatic rings. The summed E-state index contributed by atoms with van der Waals surface area (Å²) in [6.45, 7) is 2.46. The Morgan fingerprint density at radius 3 is 2.75 bits per heavy atom. The van der Waals surface area contributed by atoms with Gasteiger partial charge in [0, 0.05) is 30.5 Å². The predicted molar refractivity (Wildman–Crippen MR) is 140 cm³/mol. The molecule has 0 unspecified atom stereocenters. The van der Waals surface area contributed by atoms with Gasteiger partial charge in [0.1, 0.15) is 5.75 Å². The van der Waals surface area contributed by atoms with Gasteiger partial charge in [-0.3, -0.25) is 14.8 Å². The average molecular weight is 492 g/mol. The van der Waals surface area contributed by atoms with Crippen LogP contribution in [-0.4, -0.2) is 57.8 Å². The van der Waals surface area contributed by atoms with E-state index >= 15 is 0 Å². The van der Waals surface area contributed by atoms with E-state index < -0.39 is 18.0 Å². The van der Waals surface area contributed by atoms with E-state index in [0.29, 0.717) is 19.4 Å². The number of fused-ring (bicyclic) bond motifs is 1. The number of carboxylic acids is 1. The molecular formula is C29H37N3O4. The minimum Gasteiger partial charge on any atom is -0.497 e. The van der Waals surface area contributed by atoms with Crippen LogP contribution in [0.25, 0.3) is 10.9 Å². The highest BCUT2D eigenvalue weighted by Crippen LogP contribution is 2.33. The molecule has 0 aliphatic carbocycles. The predicted octanol–water partition coefficient (Wildman–Crippen LogP) is 4.89. The monoisotopic (exact) mass is 491 g/mol. The van der Waals surface area contributed by atoms with Crippen LogP contribution in [0.1, 0.15) is 55.8 Å². The Hall–Kier alpha value is -3.03. The molecule has 1 aromatic carbocycles. The maximum absolute atomic E-state index is 12.1. The summed E-state index contributed by atoms with van der Waals surface area (Å²) in [6.07, 6.45) is 11.2. The van der Waals surface area contributed by atoms with E-state index in [-0.39, 0.29) is 5.92 Å². The minimum atomic E-state index is -0.726. The number of piperidine rings is 1. The van der Waals surface area contributed by atoms with Crippen molar-refractivity contribution < 1.29 is 19.7 Å². The van der Waals surface area contributed by atoms with Gasteiger partial charge in [-0.05, 0) is 105 Å². The number of hydrogen-bond donors (Lipinski definition) is 2. The first-order valence-electron chi connectivity index (χ1n) is 13.0. The Kier molecular flexibility index (Phi) is 9.25. The van der Waals surface area contributed by atoms with Crippen molar-refractivity contribution in [3.8, 4) is 5.75 Å². The number of hydrogen-bond acceptors (Lipinski definition) is 6. The zero-order valence-electron chi connectivity index (χ0n) is 21.1. The molecule has 1 fully saturated rings. The molecule has 0 saturated carbocycles. The number of aromatic nitrogens is 2. The molecule has 0 spiro atoms. The number of benzene rings is 1.